The van der Waals surface area contributed by atoms with Gasteiger partial charge in [-0.1, -0.05) is 5.21 Å². The molecule has 1 saturated carbocycles. The first-order valence-corrected chi connectivity index (χ1v) is 11.5. The van der Waals surface area contributed by atoms with Crippen LogP contribution in [0.15, 0.2) is 24.4 Å². The monoisotopic (exact) mass is 518 g/mol. The molecule has 2 aliphatic rings. The summed E-state index contributed by atoms with van der Waals surface area (Å²) in [4.78, 5) is 39.5. The molecule has 5 rings (SSSR count). The molecule has 0 radical (unpaired) electrons. The number of anilines is 1. The number of carbonyl (C=O) groups excluding carboxylic acids is 3. The fourth-order valence-corrected chi connectivity index (χ4v) is 5.19. The number of ketones is 1. The van der Waals surface area contributed by atoms with E-state index in [2.05, 4.69) is 20.9 Å². The zero-order chi connectivity index (χ0) is 26.7. The van der Waals surface area contributed by atoms with Crippen LogP contribution in [0.5, 0.6) is 0 Å². The maximum Gasteiger partial charge on any atom is 0.294 e. The molecule has 3 heterocycles. The number of aryl methyl sites for hydroxylation is 1. The molecule has 3 aromatic rings. The van der Waals surface area contributed by atoms with Crippen LogP contribution in [-0.4, -0.2) is 43.1 Å². The highest BCUT2D eigenvalue weighted by molar-refractivity contribution is 6.43. The smallest absolute Gasteiger partial charge is 0.294 e. The van der Waals surface area contributed by atoms with Gasteiger partial charge < -0.3 is 15.2 Å². The molecule has 1 aromatic carbocycles. The average molecular weight is 518 g/mol. The van der Waals surface area contributed by atoms with Gasteiger partial charge in [0.25, 0.3) is 23.5 Å². The summed E-state index contributed by atoms with van der Waals surface area (Å²) in [6.45, 7) is 1.87. The van der Waals surface area contributed by atoms with Gasteiger partial charge in [-0.2, -0.15) is 0 Å². The van der Waals surface area contributed by atoms with Gasteiger partial charge in [0.2, 0.25) is 0 Å². The molecule has 1 fully saturated rings. The molecule has 194 valence electrons. The molecular weight excluding hydrogens is 496 g/mol. The molecule has 0 unspecified atom stereocenters. The summed E-state index contributed by atoms with van der Waals surface area (Å²) in [5.41, 5.74) is -0.548. The largest absolute Gasteiger partial charge is 0.341 e. The van der Waals surface area contributed by atoms with Crippen LogP contribution in [0.3, 0.4) is 0 Å². The van der Waals surface area contributed by atoms with Crippen molar-refractivity contribution in [1.29, 1.82) is 0 Å². The molecule has 0 atom stereocenters. The van der Waals surface area contributed by atoms with Crippen LogP contribution in [0.1, 0.15) is 57.1 Å². The zero-order valence-electron chi connectivity index (χ0n) is 19.9. The molecule has 13 heteroatoms. The van der Waals surface area contributed by atoms with Crippen LogP contribution in [0.2, 0.25) is 0 Å². The molecule has 9 nitrogen and oxygen atoms in total. The van der Waals surface area contributed by atoms with Crippen LogP contribution < -0.4 is 10.6 Å². The van der Waals surface area contributed by atoms with Crippen LogP contribution in [0.4, 0.5) is 23.2 Å². The second-order valence-corrected chi connectivity index (χ2v) is 9.49. The van der Waals surface area contributed by atoms with E-state index < -0.39 is 53.5 Å². The number of benzene rings is 1. The van der Waals surface area contributed by atoms with E-state index in [1.807, 2.05) is 0 Å². The first kappa shape index (κ1) is 24.7. The summed E-state index contributed by atoms with van der Waals surface area (Å²) < 4.78 is 57.5. The third kappa shape index (κ3) is 4.17. The fraction of sp³-hybridized carbons (Fsp3) is 0.375. The number of nitrogens with one attached hydrogen (secondary N) is 2. The summed E-state index contributed by atoms with van der Waals surface area (Å²) in [6, 6.07) is 2.90. The number of hydrogen-bond acceptors (Lipinski definition) is 5. The summed E-state index contributed by atoms with van der Waals surface area (Å²) in [7, 11) is 1.55. The Bertz CT molecular complexity index is 1450. The Kier molecular flexibility index (Phi) is 5.68. The fourth-order valence-electron chi connectivity index (χ4n) is 5.19. The molecule has 0 spiro atoms. The molecule has 0 bridgehead atoms. The predicted molar refractivity (Wildman–Crippen MR) is 121 cm³/mol. The van der Waals surface area contributed by atoms with E-state index in [9.17, 15) is 31.9 Å². The highest BCUT2D eigenvalue weighted by Gasteiger charge is 2.60. The Balaban J connectivity index is 1.43. The van der Waals surface area contributed by atoms with Crippen molar-refractivity contribution < 1.29 is 31.9 Å². The Morgan fingerprint density at radius 2 is 1.84 bits per heavy atom. The number of rotatable bonds is 6. The quantitative estimate of drug-likeness (QED) is 0.296. The molecule has 2 amide bonds. The highest BCUT2D eigenvalue weighted by Crippen LogP contribution is 2.51. The van der Waals surface area contributed by atoms with Crippen LogP contribution >= 0.6 is 0 Å². The molecule has 2 N–H and O–H groups in total. The van der Waals surface area contributed by atoms with E-state index >= 15 is 0 Å². The Morgan fingerprint density at radius 1 is 1.11 bits per heavy atom. The maximum absolute atomic E-state index is 13.9. The van der Waals surface area contributed by atoms with Crippen LogP contribution in [-0.2, 0) is 30.3 Å². The lowest BCUT2D eigenvalue weighted by molar-refractivity contribution is -0.148. The second-order valence-electron chi connectivity index (χ2n) is 9.49. The third-order valence-electron chi connectivity index (χ3n) is 6.80. The normalized spacial score (nSPS) is 17.1. The lowest BCUT2D eigenvalue weighted by atomic mass is 9.71. The minimum absolute atomic E-state index is 0.0173. The Hall–Kier alpha value is -4.03. The van der Waals surface area contributed by atoms with Crippen molar-refractivity contribution in [3.63, 3.8) is 0 Å². The van der Waals surface area contributed by atoms with Gasteiger partial charge in [-0.3, -0.25) is 19.1 Å². The van der Waals surface area contributed by atoms with Crippen molar-refractivity contribution in [2.45, 2.75) is 50.6 Å². The predicted octanol–water partition coefficient (Wildman–Crippen LogP) is 3.03. The van der Waals surface area contributed by atoms with E-state index in [0.717, 1.165) is 12.1 Å². The lowest BCUT2D eigenvalue weighted by Gasteiger charge is -2.46. The van der Waals surface area contributed by atoms with E-state index in [4.69, 9.17) is 0 Å². The molecular formula is C24H22F4N6O3. The van der Waals surface area contributed by atoms with E-state index in [-0.39, 0.29) is 28.2 Å². The molecule has 1 aliphatic heterocycles. The first-order valence-electron chi connectivity index (χ1n) is 11.5. The molecule has 37 heavy (non-hydrogen) atoms. The lowest BCUT2D eigenvalue weighted by Crippen LogP contribution is -2.61. The van der Waals surface area contributed by atoms with Gasteiger partial charge >= 0.3 is 0 Å². The van der Waals surface area contributed by atoms with Crippen molar-refractivity contribution >= 4 is 23.3 Å². The standard InChI is InChI=1S/C24H22F4N6O3/c1-12-18(21(36)29-13-5-6-14(25)15(26)8-13)16-4-3-7-34(16)19(12)20(35)22(37)30-23(10-24(27,28)11-23)17-9-33(2)32-31-17/h5-6,8-9H,3-4,7,10-11H2,1-2H3,(H,29,36)(H,30,37). The Labute approximate surface area is 207 Å². The van der Waals surface area contributed by atoms with Gasteiger partial charge in [-0.15, -0.1) is 5.10 Å². The van der Waals surface area contributed by atoms with E-state index in [1.165, 1.54) is 23.9 Å². The van der Waals surface area contributed by atoms with Crippen molar-refractivity contribution in [3.8, 4) is 0 Å². The van der Waals surface area contributed by atoms with Crippen molar-refractivity contribution in [1.82, 2.24) is 24.9 Å². The maximum atomic E-state index is 13.9. The summed E-state index contributed by atoms with van der Waals surface area (Å²) >= 11 is 0. The van der Waals surface area contributed by atoms with E-state index in [0.29, 0.717) is 25.1 Å². The molecule has 2 aromatic heterocycles. The minimum atomic E-state index is -3.04. The summed E-state index contributed by atoms with van der Waals surface area (Å²) in [5.74, 6) is -7.98. The van der Waals surface area contributed by atoms with Gasteiger partial charge in [-0.05, 0) is 37.5 Å². The molecule has 0 saturated heterocycles. The number of fused-ring (bicyclic) bond motifs is 1. The number of hydrogen-bond donors (Lipinski definition) is 2. The van der Waals surface area contributed by atoms with Gasteiger partial charge in [0.15, 0.2) is 11.6 Å². The average Bonchev–Trinajstić information content (AvgIpc) is 3.50. The topological polar surface area (TPSA) is 111 Å². The number of aromatic nitrogens is 4. The number of carbonyl (C=O) groups is 3. The minimum Gasteiger partial charge on any atom is -0.341 e. The summed E-state index contributed by atoms with van der Waals surface area (Å²) in [5, 5.41) is 12.5. The summed E-state index contributed by atoms with van der Waals surface area (Å²) in [6.07, 6.45) is 1.00. The van der Waals surface area contributed by atoms with Crippen LogP contribution in [0.25, 0.3) is 0 Å². The number of alkyl halides is 2. The van der Waals surface area contributed by atoms with Crippen molar-refractivity contribution in [2.24, 2.45) is 7.05 Å². The zero-order valence-corrected chi connectivity index (χ0v) is 19.9. The SMILES string of the molecule is Cc1c(C(=O)Nc2ccc(F)c(F)c2)c2n(c1C(=O)C(=O)NC1(c3cn(C)nn3)CC(F)(F)C1)CCC2. The van der Waals surface area contributed by atoms with Crippen molar-refractivity contribution in [3.05, 3.63) is 64.2 Å². The second kappa shape index (κ2) is 8.53. The van der Waals surface area contributed by atoms with Crippen LogP contribution in [0, 0.1) is 18.6 Å². The van der Waals surface area contributed by atoms with E-state index in [1.54, 1.807) is 11.6 Å². The Morgan fingerprint density at radius 3 is 2.46 bits per heavy atom. The van der Waals surface area contributed by atoms with Gasteiger partial charge in [0, 0.05) is 43.9 Å². The number of nitrogens with zero attached hydrogens (tertiary/aromatic N) is 4. The number of amides is 2. The van der Waals surface area contributed by atoms with Gasteiger partial charge in [0.05, 0.1) is 23.0 Å². The van der Waals surface area contributed by atoms with Gasteiger partial charge in [0.1, 0.15) is 5.69 Å². The third-order valence-corrected chi connectivity index (χ3v) is 6.80. The molecule has 1 aliphatic carbocycles. The first-order chi connectivity index (χ1) is 17.4. The van der Waals surface area contributed by atoms with Gasteiger partial charge in [-0.25, -0.2) is 17.6 Å². The highest BCUT2D eigenvalue weighted by atomic mass is 19.3. The van der Waals surface area contributed by atoms with Crippen molar-refractivity contribution in [2.75, 3.05) is 5.32 Å². The number of halogens is 4. The number of Topliss-reactive ketones (excluding diaryl/α,β-unsaturated/α-hetero) is 1.